The minimum Gasteiger partial charge on any atom is -0.328 e. The Morgan fingerprint density at radius 2 is 0.636 bits per heavy atom. The number of rotatable bonds is 37. The molecule has 0 aliphatic carbocycles. The zero-order valence-electron chi connectivity index (χ0n) is 30.0. The average Bonchev–Trinajstić information content (AvgIpc) is 2.99. The van der Waals surface area contributed by atoms with Crippen LogP contribution in [0.3, 0.4) is 0 Å². The minimum atomic E-state index is -4.57. The third kappa shape index (κ3) is 32.0. The first-order valence-electron chi connectivity index (χ1n) is 19.9. The van der Waals surface area contributed by atoms with Gasteiger partial charge in [-0.2, -0.15) is 0 Å². The molecule has 266 valence electrons. The Morgan fingerprint density at radius 3 is 0.818 bits per heavy atom. The first-order valence-corrected chi connectivity index (χ1v) is 21.4. The van der Waals surface area contributed by atoms with Gasteiger partial charge in [-0.1, -0.05) is 219 Å². The second kappa shape index (κ2) is 33.0. The summed E-state index contributed by atoms with van der Waals surface area (Å²) in [5.74, 6) is 0. The van der Waals surface area contributed by atoms with Gasteiger partial charge in [0.05, 0.1) is 5.60 Å². The van der Waals surface area contributed by atoms with Gasteiger partial charge >= 0.3 is 7.82 Å². The number of hydrogen-bond donors (Lipinski definition) is 3. The first-order chi connectivity index (χ1) is 21.4. The van der Waals surface area contributed by atoms with E-state index in [-0.39, 0.29) is 6.54 Å². The second-order valence-electron chi connectivity index (χ2n) is 14.1. The standard InChI is InChI=1S/C38H80NO4P/c1-3-5-7-9-11-13-15-17-19-21-23-25-27-29-31-33-35-38(37-39,43-44(40,41)42)36-34-32-30-28-26-24-22-20-18-16-14-12-10-8-6-4-2/h3-37,39H2,1-2H3,(H2,40,41,42). The summed E-state index contributed by atoms with van der Waals surface area (Å²) in [6, 6.07) is 0. The molecule has 6 heteroatoms. The molecule has 0 amide bonds. The van der Waals surface area contributed by atoms with E-state index >= 15 is 0 Å². The molecular weight excluding hydrogens is 565 g/mol. The van der Waals surface area contributed by atoms with Crippen LogP contribution in [-0.4, -0.2) is 21.9 Å². The maximum absolute atomic E-state index is 11.8. The fourth-order valence-electron chi connectivity index (χ4n) is 6.70. The molecule has 0 aromatic heterocycles. The highest BCUT2D eigenvalue weighted by atomic mass is 31.2. The van der Waals surface area contributed by atoms with Crippen LogP contribution in [0.4, 0.5) is 0 Å². The molecule has 44 heavy (non-hydrogen) atoms. The lowest BCUT2D eigenvalue weighted by Gasteiger charge is -2.33. The van der Waals surface area contributed by atoms with Gasteiger partial charge in [0.1, 0.15) is 0 Å². The van der Waals surface area contributed by atoms with Crippen molar-refractivity contribution in [3.8, 4) is 0 Å². The van der Waals surface area contributed by atoms with Crippen LogP contribution >= 0.6 is 7.82 Å². The summed E-state index contributed by atoms with van der Waals surface area (Å²) in [6.45, 7) is 4.73. The number of hydrogen-bond acceptors (Lipinski definition) is 3. The van der Waals surface area contributed by atoms with Gasteiger partial charge in [0.25, 0.3) is 0 Å². The molecule has 0 aromatic rings. The molecule has 0 aromatic carbocycles. The maximum Gasteiger partial charge on any atom is 0.470 e. The maximum atomic E-state index is 11.8. The molecule has 0 heterocycles. The van der Waals surface area contributed by atoms with Crippen LogP contribution in [0.2, 0.25) is 0 Å². The number of unbranched alkanes of at least 4 members (excludes halogenated alkanes) is 30. The molecule has 0 atom stereocenters. The van der Waals surface area contributed by atoms with E-state index in [0.29, 0.717) is 12.8 Å². The van der Waals surface area contributed by atoms with E-state index in [9.17, 15) is 14.4 Å². The van der Waals surface area contributed by atoms with E-state index in [1.807, 2.05) is 0 Å². The Hall–Kier alpha value is 0.0700. The monoisotopic (exact) mass is 646 g/mol. The molecule has 0 fully saturated rings. The molecule has 0 unspecified atom stereocenters. The number of nitrogens with two attached hydrogens (primary N) is 1. The summed E-state index contributed by atoms with van der Waals surface area (Å²) in [5, 5.41) is 0. The average molecular weight is 646 g/mol. The zero-order valence-corrected chi connectivity index (χ0v) is 30.9. The van der Waals surface area contributed by atoms with Gasteiger partial charge in [0.15, 0.2) is 0 Å². The van der Waals surface area contributed by atoms with Gasteiger partial charge in [0.2, 0.25) is 0 Å². The molecule has 0 aliphatic rings. The summed E-state index contributed by atoms with van der Waals surface area (Å²) in [7, 11) is -4.57. The lowest BCUT2D eigenvalue weighted by Crippen LogP contribution is -2.40. The largest absolute Gasteiger partial charge is 0.470 e. The summed E-state index contributed by atoms with van der Waals surface area (Å²) < 4.78 is 17.1. The summed E-state index contributed by atoms with van der Waals surface area (Å²) in [4.78, 5) is 19.2. The minimum absolute atomic E-state index is 0.176. The van der Waals surface area contributed by atoms with Gasteiger partial charge in [-0.05, 0) is 12.8 Å². The van der Waals surface area contributed by atoms with Gasteiger partial charge in [0, 0.05) is 6.54 Å². The van der Waals surface area contributed by atoms with Crippen molar-refractivity contribution in [3.63, 3.8) is 0 Å². The second-order valence-corrected chi connectivity index (χ2v) is 15.2. The van der Waals surface area contributed by atoms with Crippen molar-refractivity contribution in [2.24, 2.45) is 5.73 Å². The van der Waals surface area contributed by atoms with E-state index in [1.165, 1.54) is 180 Å². The lowest BCUT2D eigenvalue weighted by atomic mass is 9.89. The van der Waals surface area contributed by atoms with E-state index in [4.69, 9.17) is 10.3 Å². The zero-order chi connectivity index (χ0) is 32.5. The van der Waals surface area contributed by atoms with Gasteiger partial charge in [-0.25, -0.2) is 4.57 Å². The number of phosphoric ester groups is 1. The molecule has 4 N–H and O–H groups in total. The molecule has 5 nitrogen and oxygen atoms in total. The normalized spacial score (nSPS) is 12.4. The van der Waals surface area contributed by atoms with Crippen LogP contribution in [-0.2, 0) is 9.09 Å². The van der Waals surface area contributed by atoms with Crippen molar-refractivity contribution in [2.75, 3.05) is 6.54 Å². The molecule has 0 bridgehead atoms. The fourth-order valence-corrected chi connectivity index (χ4v) is 7.46. The Labute approximate surface area is 276 Å². The van der Waals surface area contributed by atoms with Crippen molar-refractivity contribution in [2.45, 2.75) is 238 Å². The fraction of sp³-hybridized carbons (Fsp3) is 1.00. The molecule has 0 rings (SSSR count). The predicted octanol–water partition coefficient (Wildman–Crippen LogP) is 13.1. The van der Waals surface area contributed by atoms with Gasteiger partial charge in [-0.3, -0.25) is 4.52 Å². The van der Waals surface area contributed by atoms with Gasteiger partial charge < -0.3 is 15.5 Å². The molecule has 0 aliphatic heterocycles. The third-order valence-electron chi connectivity index (χ3n) is 9.66. The highest BCUT2D eigenvalue weighted by Gasteiger charge is 2.35. The Kier molecular flexibility index (Phi) is 33.0. The van der Waals surface area contributed by atoms with E-state index < -0.39 is 13.4 Å². The van der Waals surface area contributed by atoms with Crippen LogP contribution in [0, 0.1) is 0 Å². The summed E-state index contributed by atoms with van der Waals surface area (Å²) in [5.41, 5.74) is 5.20. The number of phosphoric acid groups is 1. The highest BCUT2D eigenvalue weighted by Crippen LogP contribution is 2.45. The van der Waals surface area contributed by atoms with Crippen LogP contribution in [0.1, 0.15) is 232 Å². The Bertz CT molecular complexity index is 576. The van der Waals surface area contributed by atoms with Gasteiger partial charge in [-0.15, -0.1) is 0 Å². The van der Waals surface area contributed by atoms with Crippen LogP contribution < -0.4 is 5.73 Å². The first kappa shape index (κ1) is 44.1. The topological polar surface area (TPSA) is 92.8 Å². The summed E-state index contributed by atoms with van der Waals surface area (Å²) in [6.07, 6.45) is 43.4. The lowest BCUT2D eigenvalue weighted by molar-refractivity contribution is 0.0218. The van der Waals surface area contributed by atoms with Crippen LogP contribution in [0.15, 0.2) is 0 Å². The SMILES string of the molecule is CCCCCCCCCCCCCCCCCCC(CN)(CCCCCCCCCCCCCCCCCC)OP(=O)(O)O. The Balaban J connectivity index is 3.84. The van der Waals surface area contributed by atoms with E-state index in [0.717, 1.165) is 25.7 Å². The molecule has 0 saturated heterocycles. The summed E-state index contributed by atoms with van der Waals surface area (Å²) >= 11 is 0. The van der Waals surface area contributed by atoms with Crippen molar-refractivity contribution in [3.05, 3.63) is 0 Å². The van der Waals surface area contributed by atoms with Crippen LogP contribution in [0.5, 0.6) is 0 Å². The predicted molar refractivity (Wildman–Crippen MR) is 193 cm³/mol. The third-order valence-corrected chi connectivity index (χ3v) is 10.3. The van der Waals surface area contributed by atoms with Crippen LogP contribution in [0.25, 0.3) is 0 Å². The van der Waals surface area contributed by atoms with Crippen molar-refractivity contribution < 1.29 is 18.9 Å². The Morgan fingerprint density at radius 1 is 0.432 bits per heavy atom. The van der Waals surface area contributed by atoms with E-state index in [1.54, 1.807) is 0 Å². The highest BCUT2D eigenvalue weighted by molar-refractivity contribution is 7.46. The molecule has 0 saturated carbocycles. The molecular formula is C38H80NO4P. The smallest absolute Gasteiger partial charge is 0.328 e. The van der Waals surface area contributed by atoms with Crippen molar-refractivity contribution in [1.29, 1.82) is 0 Å². The quantitative estimate of drug-likeness (QED) is 0.0462. The van der Waals surface area contributed by atoms with Crippen molar-refractivity contribution >= 4 is 7.82 Å². The van der Waals surface area contributed by atoms with E-state index in [2.05, 4.69) is 13.8 Å². The molecule has 0 radical (unpaired) electrons. The molecule has 0 spiro atoms. The van der Waals surface area contributed by atoms with Crippen molar-refractivity contribution in [1.82, 2.24) is 0 Å².